The standard InChI is InChI=1S/C58H37N3S/c1-4-16-38(17-5-1)39-30-34-41(35-31-39)55-59-56(42-36-32-40(33-37-42)45-24-14-25-47-46-22-11-13-29-52(46)62-54(45)47)61-57(60-55)49-26-15-28-51-53(49)48-23-10-12-27-50(48)58(51,43-18-6-2-7-19-43)44-20-8-3-9-21-44/h1-37H/i1D,4D,5D,16D,17D. The van der Waals surface area contributed by atoms with Crippen LogP contribution in [0.2, 0.25) is 0 Å². The summed E-state index contributed by atoms with van der Waals surface area (Å²) in [5, 5.41) is 2.50. The van der Waals surface area contributed by atoms with Crippen LogP contribution in [0.4, 0.5) is 0 Å². The molecule has 0 N–H and O–H groups in total. The van der Waals surface area contributed by atoms with Crippen LogP contribution in [0.1, 0.15) is 29.1 Å². The minimum Gasteiger partial charge on any atom is -0.208 e. The predicted molar refractivity (Wildman–Crippen MR) is 257 cm³/mol. The number of benzene rings is 9. The number of fused-ring (bicyclic) bond motifs is 6. The van der Waals surface area contributed by atoms with Gasteiger partial charge in [0.1, 0.15) is 0 Å². The molecule has 0 saturated heterocycles. The van der Waals surface area contributed by atoms with E-state index >= 15 is 0 Å². The second-order valence-corrected chi connectivity index (χ2v) is 16.5. The maximum absolute atomic E-state index is 8.62. The van der Waals surface area contributed by atoms with E-state index in [0.717, 1.165) is 44.5 Å². The molecule has 11 aromatic rings. The van der Waals surface area contributed by atoms with Gasteiger partial charge in [0.15, 0.2) is 17.5 Å². The van der Waals surface area contributed by atoms with Crippen LogP contribution in [0.5, 0.6) is 0 Å². The highest BCUT2D eigenvalue weighted by atomic mass is 32.1. The van der Waals surface area contributed by atoms with Crippen molar-refractivity contribution < 1.29 is 6.85 Å². The summed E-state index contributed by atoms with van der Waals surface area (Å²) in [6.07, 6.45) is 0. The van der Waals surface area contributed by atoms with Crippen LogP contribution in [-0.2, 0) is 5.41 Å². The topological polar surface area (TPSA) is 38.7 Å². The second-order valence-electron chi connectivity index (χ2n) is 15.5. The molecule has 0 spiro atoms. The number of rotatable bonds is 7. The summed E-state index contributed by atoms with van der Waals surface area (Å²) in [4.78, 5) is 15.7. The number of thiophene rings is 1. The quantitative estimate of drug-likeness (QED) is 0.161. The van der Waals surface area contributed by atoms with Gasteiger partial charge in [0.25, 0.3) is 0 Å². The molecule has 0 amide bonds. The van der Waals surface area contributed by atoms with Crippen LogP contribution < -0.4 is 0 Å². The van der Waals surface area contributed by atoms with E-state index in [4.69, 9.17) is 21.8 Å². The first-order valence-corrected chi connectivity index (χ1v) is 21.4. The van der Waals surface area contributed by atoms with Gasteiger partial charge in [-0.05, 0) is 61.7 Å². The highest BCUT2D eigenvalue weighted by Crippen LogP contribution is 2.58. The second kappa shape index (κ2) is 14.7. The molecule has 0 saturated carbocycles. The average molecular weight is 813 g/mol. The molecule has 3 nitrogen and oxygen atoms in total. The summed E-state index contributed by atoms with van der Waals surface area (Å²) < 4.78 is 44.4. The van der Waals surface area contributed by atoms with Crippen molar-refractivity contribution in [2.75, 3.05) is 0 Å². The van der Waals surface area contributed by atoms with E-state index in [9.17, 15) is 0 Å². The van der Waals surface area contributed by atoms with E-state index in [1.54, 1.807) is 23.5 Å². The van der Waals surface area contributed by atoms with Gasteiger partial charge < -0.3 is 0 Å². The number of hydrogen-bond donors (Lipinski definition) is 0. The lowest BCUT2D eigenvalue weighted by Gasteiger charge is -2.33. The smallest absolute Gasteiger partial charge is 0.164 e. The number of aromatic nitrogens is 3. The number of nitrogens with zero attached hydrogens (tertiary/aromatic N) is 3. The average Bonchev–Trinajstić information content (AvgIpc) is 3.92. The molecule has 0 aliphatic heterocycles. The Morgan fingerprint density at radius 2 is 0.887 bits per heavy atom. The van der Waals surface area contributed by atoms with Gasteiger partial charge in [0, 0.05) is 36.9 Å². The molecule has 290 valence electrons. The molecule has 0 unspecified atom stereocenters. The Balaban J connectivity index is 1.05. The Morgan fingerprint density at radius 3 is 1.60 bits per heavy atom. The molecule has 12 rings (SSSR count). The summed E-state index contributed by atoms with van der Waals surface area (Å²) in [6, 6.07) is 65.4. The van der Waals surface area contributed by atoms with Crippen molar-refractivity contribution in [1.82, 2.24) is 15.0 Å². The van der Waals surface area contributed by atoms with Gasteiger partial charge in [0.2, 0.25) is 0 Å². The first kappa shape index (κ1) is 31.1. The Kier molecular flexibility index (Phi) is 7.40. The van der Waals surface area contributed by atoms with E-state index in [2.05, 4.69) is 170 Å². The van der Waals surface area contributed by atoms with E-state index in [-0.39, 0.29) is 29.7 Å². The third kappa shape index (κ3) is 5.76. The van der Waals surface area contributed by atoms with Gasteiger partial charge in [-0.15, -0.1) is 11.3 Å². The molecule has 1 aliphatic rings. The van der Waals surface area contributed by atoms with Gasteiger partial charge in [-0.1, -0.05) is 218 Å². The third-order valence-corrected chi connectivity index (χ3v) is 13.4. The fraction of sp³-hybridized carbons (Fsp3) is 0.0172. The van der Waals surface area contributed by atoms with Crippen molar-refractivity contribution >= 4 is 31.5 Å². The molecule has 4 heteroatoms. The van der Waals surface area contributed by atoms with Crippen LogP contribution in [0.15, 0.2) is 224 Å². The lowest BCUT2D eigenvalue weighted by Crippen LogP contribution is -2.28. The molecule has 1 aliphatic carbocycles. The van der Waals surface area contributed by atoms with Crippen LogP contribution in [0.3, 0.4) is 0 Å². The van der Waals surface area contributed by atoms with E-state index in [1.807, 2.05) is 12.1 Å². The van der Waals surface area contributed by atoms with Crippen LogP contribution >= 0.6 is 11.3 Å². The third-order valence-electron chi connectivity index (χ3n) is 12.1. The Bertz CT molecular complexity index is 3670. The summed E-state index contributed by atoms with van der Waals surface area (Å²) in [5.74, 6) is 1.45. The molecule has 0 fully saturated rings. The Labute approximate surface area is 371 Å². The molecule has 2 aromatic heterocycles. The maximum atomic E-state index is 8.62. The Morgan fingerprint density at radius 1 is 0.371 bits per heavy atom. The van der Waals surface area contributed by atoms with Crippen molar-refractivity contribution in [2.24, 2.45) is 0 Å². The normalized spacial score (nSPS) is 13.8. The summed E-state index contributed by atoms with van der Waals surface area (Å²) in [5.41, 5.74) is 11.4. The van der Waals surface area contributed by atoms with Gasteiger partial charge >= 0.3 is 0 Å². The first-order chi connectivity index (χ1) is 32.8. The zero-order valence-electron chi connectivity index (χ0n) is 38.2. The van der Waals surface area contributed by atoms with Gasteiger partial charge in [-0.25, -0.2) is 15.0 Å². The lowest BCUT2D eigenvalue weighted by molar-refractivity contribution is 0.768. The maximum Gasteiger partial charge on any atom is 0.164 e. The van der Waals surface area contributed by atoms with Crippen molar-refractivity contribution in [2.45, 2.75) is 5.41 Å². The molecular formula is C58H37N3S. The molecule has 62 heavy (non-hydrogen) atoms. The zero-order chi connectivity index (χ0) is 45.4. The highest BCUT2D eigenvalue weighted by molar-refractivity contribution is 7.26. The van der Waals surface area contributed by atoms with Crippen LogP contribution in [-0.4, -0.2) is 15.0 Å². The number of hydrogen-bond acceptors (Lipinski definition) is 4. The predicted octanol–water partition coefficient (Wildman–Crippen LogP) is 14.9. The SMILES string of the molecule is [2H]c1c([2H])c([2H])c(-c2ccc(-c3nc(-c4ccc(-c5cccc6c5sc5ccccc56)cc4)nc(-c4cccc5c4-c4ccccc4C5(c4ccccc4)c4ccccc4)n3)cc2)c([2H])c1[2H]. The van der Waals surface area contributed by atoms with Crippen molar-refractivity contribution in [3.05, 3.63) is 247 Å². The molecule has 0 atom stereocenters. The lowest BCUT2D eigenvalue weighted by atomic mass is 9.67. The summed E-state index contributed by atoms with van der Waals surface area (Å²) in [7, 11) is 0. The monoisotopic (exact) mass is 812 g/mol. The molecule has 0 bridgehead atoms. The molecule has 2 heterocycles. The van der Waals surface area contributed by atoms with E-state index in [0.29, 0.717) is 28.6 Å². The van der Waals surface area contributed by atoms with Gasteiger partial charge in [-0.2, -0.15) is 0 Å². The van der Waals surface area contributed by atoms with E-state index < -0.39 is 11.5 Å². The van der Waals surface area contributed by atoms with Crippen molar-refractivity contribution in [3.63, 3.8) is 0 Å². The minimum absolute atomic E-state index is 0.139. The Hall–Kier alpha value is -7.79. The molecular weight excluding hydrogens is 771 g/mol. The summed E-state index contributed by atoms with van der Waals surface area (Å²) in [6.45, 7) is 0. The van der Waals surface area contributed by atoms with Crippen molar-refractivity contribution in [1.29, 1.82) is 0 Å². The van der Waals surface area contributed by atoms with Gasteiger partial charge in [0.05, 0.1) is 12.3 Å². The summed E-state index contributed by atoms with van der Waals surface area (Å²) >= 11 is 1.81. The van der Waals surface area contributed by atoms with Gasteiger partial charge in [-0.3, -0.25) is 0 Å². The highest BCUT2D eigenvalue weighted by Gasteiger charge is 2.47. The van der Waals surface area contributed by atoms with Crippen molar-refractivity contribution in [3.8, 4) is 67.5 Å². The van der Waals surface area contributed by atoms with E-state index in [1.165, 1.54) is 31.3 Å². The van der Waals surface area contributed by atoms with Crippen LogP contribution in [0, 0.1) is 0 Å². The fourth-order valence-corrected chi connectivity index (χ4v) is 10.6. The first-order valence-electron chi connectivity index (χ1n) is 23.1. The fourth-order valence-electron chi connectivity index (χ4n) is 9.39. The van der Waals surface area contributed by atoms with Crippen LogP contribution in [0.25, 0.3) is 87.7 Å². The zero-order valence-corrected chi connectivity index (χ0v) is 34.0. The molecule has 9 aromatic carbocycles. The molecule has 0 radical (unpaired) electrons. The largest absolute Gasteiger partial charge is 0.208 e. The minimum atomic E-state index is -0.616.